The molecule has 0 aliphatic heterocycles. The van der Waals surface area contributed by atoms with Gasteiger partial charge in [-0.15, -0.1) is 6.58 Å². The monoisotopic (exact) mass is 190 g/mol. The molecule has 1 N–H and O–H groups in total. The van der Waals surface area contributed by atoms with Gasteiger partial charge in [0.05, 0.1) is 6.10 Å². The van der Waals surface area contributed by atoms with Crippen molar-refractivity contribution >= 4 is 0 Å². The average Bonchev–Trinajstić information content (AvgIpc) is 2.17. The van der Waals surface area contributed by atoms with Gasteiger partial charge in [-0.3, -0.25) is 0 Å². The van der Waals surface area contributed by atoms with Crippen LogP contribution in [-0.2, 0) is 6.42 Å². The third-order valence-electron chi connectivity index (χ3n) is 2.53. The average molecular weight is 190 g/mol. The Labute approximate surface area is 86.1 Å². The Balaban J connectivity index is 2.73. The molecule has 0 spiro atoms. The van der Waals surface area contributed by atoms with Crippen LogP contribution in [0.4, 0.5) is 0 Å². The van der Waals surface area contributed by atoms with Crippen LogP contribution in [0.3, 0.4) is 0 Å². The van der Waals surface area contributed by atoms with Crippen LogP contribution < -0.4 is 0 Å². The molecule has 0 aromatic heterocycles. The van der Waals surface area contributed by atoms with Crippen molar-refractivity contribution in [2.75, 3.05) is 0 Å². The second-order valence-electron chi connectivity index (χ2n) is 4.33. The van der Waals surface area contributed by atoms with Gasteiger partial charge in [-0.2, -0.15) is 0 Å². The fourth-order valence-corrected chi connectivity index (χ4v) is 1.55. The normalized spacial score (nSPS) is 13.6. The minimum Gasteiger partial charge on any atom is -0.388 e. The van der Waals surface area contributed by atoms with E-state index in [1.165, 1.54) is 5.56 Å². The number of rotatable bonds is 4. The number of aliphatic hydroxyl groups excluding tert-OH is 1. The van der Waals surface area contributed by atoms with Gasteiger partial charge in [-0.1, -0.05) is 50.3 Å². The highest BCUT2D eigenvalue weighted by Crippen LogP contribution is 2.26. The van der Waals surface area contributed by atoms with Crippen LogP contribution in [0.2, 0.25) is 0 Å². The second kappa shape index (κ2) is 4.43. The highest BCUT2D eigenvalue weighted by Gasteiger charge is 2.25. The lowest BCUT2D eigenvalue weighted by atomic mass is 9.80. The third kappa shape index (κ3) is 2.71. The van der Waals surface area contributed by atoms with E-state index in [1.807, 2.05) is 32.0 Å². The van der Waals surface area contributed by atoms with E-state index < -0.39 is 6.10 Å². The predicted octanol–water partition coefficient (Wildman–Crippen LogP) is 2.80. The molecule has 0 amide bonds. The Hall–Kier alpha value is -1.08. The van der Waals surface area contributed by atoms with Gasteiger partial charge in [0.25, 0.3) is 0 Å². The van der Waals surface area contributed by atoms with Gasteiger partial charge < -0.3 is 5.11 Å². The lowest BCUT2D eigenvalue weighted by Gasteiger charge is -2.28. The zero-order valence-corrected chi connectivity index (χ0v) is 8.90. The number of aliphatic hydroxyl groups is 1. The molecule has 0 aliphatic rings. The molecule has 1 atom stereocenters. The molecule has 1 heteroatoms. The highest BCUT2D eigenvalue weighted by molar-refractivity contribution is 5.17. The van der Waals surface area contributed by atoms with Crippen LogP contribution >= 0.6 is 0 Å². The summed E-state index contributed by atoms with van der Waals surface area (Å²) in [6.45, 7) is 7.71. The van der Waals surface area contributed by atoms with Crippen molar-refractivity contribution in [2.45, 2.75) is 26.4 Å². The molecule has 1 rings (SSSR count). The summed E-state index contributed by atoms with van der Waals surface area (Å²) < 4.78 is 0. The summed E-state index contributed by atoms with van der Waals surface area (Å²) in [4.78, 5) is 0. The molecule has 0 fully saturated rings. The first-order valence-corrected chi connectivity index (χ1v) is 4.91. The van der Waals surface area contributed by atoms with Crippen molar-refractivity contribution < 1.29 is 5.11 Å². The van der Waals surface area contributed by atoms with Crippen molar-refractivity contribution in [3.05, 3.63) is 48.6 Å². The van der Waals surface area contributed by atoms with Gasteiger partial charge in [-0.05, 0) is 17.4 Å². The van der Waals surface area contributed by atoms with Crippen LogP contribution in [0, 0.1) is 5.41 Å². The van der Waals surface area contributed by atoms with Crippen molar-refractivity contribution in [3.8, 4) is 0 Å². The minimum atomic E-state index is -0.456. The largest absolute Gasteiger partial charge is 0.388 e. The van der Waals surface area contributed by atoms with Gasteiger partial charge in [0.15, 0.2) is 0 Å². The Bertz CT molecular complexity index is 287. The Kier molecular flexibility index (Phi) is 3.48. The molecule has 14 heavy (non-hydrogen) atoms. The summed E-state index contributed by atoms with van der Waals surface area (Å²) in [7, 11) is 0. The van der Waals surface area contributed by atoms with Gasteiger partial charge in [0, 0.05) is 0 Å². The summed E-state index contributed by atoms with van der Waals surface area (Å²) in [6, 6.07) is 10.2. The first-order valence-electron chi connectivity index (χ1n) is 4.91. The molecule has 0 aliphatic carbocycles. The molecule has 0 bridgehead atoms. The molecule has 1 unspecified atom stereocenters. The van der Waals surface area contributed by atoms with Crippen LogP contribution in [0.1, 0.15) is 19.4 Å². The lowest BCUT2D eigenvalue weighted by molar-refractivity contribution is 0.0911. The Morgan fingerprint density at radius 1 is 1.36 bits per heavy atom. The van der Waals surface area contributed by atoms with Crippen LogP contribution in [0.15, 0.2) is 43.0 Å². The maximum absolute atomic E-state index is 9.73. The van der Waals surface area contributed by atoms with E-state index in [0.717, 1.165) is 6.42 Å². The van der Waals surface area contributed by atoms with Gasteiger partial charge in [0.1, 0.15) is 0 Å². The van der Waals surface area contributed by atoms with Crippen molar-refractivity contribution in [3.63, 3.8) is 0 Å². The smallest absolute Gasteiger partial charge is 0.0772 e. The summed E-state index contributed by atoms with van der Waals surface area (Å²) >= 11 is 0. The van der Waals surface area contributed by atoms with E-state index in [0.29, 0.717) is 0 Å². The maximum atomic E-state index is 9.73. The van der Waals surface area contributed by atoms with Crippen LogP contribution in [-0.4, -0.2) is 11.2 Å². The zero-order chi connectivity index (χ0) is 10.6. The van der Waals surface area contributed by atoms with E-state index in [-0.39, 0.29) is 5.41 Å². The quantitative estimate of drug-likeness (QED) is 0.724. The van der Waals surface area contributed by atoms with Crippen molar-refractivity contribution in [1.82, 2.24) is 0 Å². The number of benzene rings is 1. The van der Waals surface area contributed by atoms with E-state index in [1.54, 1.807) is 6.08 Å². The van der Waals surface area contributed by atoms with E-state index >= 15 is 0 Å². The Morgan fingerprint density at radius 3 is 2.43 bits per heavy atom. The molecule has 1 aromatic carbocycles. The topological polar surface area (TPSA) is 20.2 Å². The second-order valence-corrected chi connectivity index (χ2v) is 4.33. The van der Waals surface area contributed by atoms with Crippen LogP contribution in [0.5, 0.6) is 0 Å². The van der Waals surface area contributed by atoms with E-state index in [2.05, 4.69) is 18.7 Å². The minimum absolute atomic E-state index is 0.150. The molecule has 0 radical (unpaired) electrons. The number of hydrogen-bond donors (Lipinski definition) is 1. The predicted molar refractivity (Wildman–Crippen MR) is 60.1 cm³/mol. The standard InChI is InChI=1S/C13H18O/c1-4-12(14)13(2,3)10-11-8-6-5-7-9-11/h4-9,12,14H,1,10H2,2-3H3. The van der Waals surface area contributed by atoms with E-state index in [4.69, 9.17) is 0 Å². The van der Waals surface area contributed by atoms with Gasteiger partial charge in [-0.25, -0.2) is 0 Å². The van der Waals surface area contributed by atoms with Crippen molar-refractivity contribution in [1.29, 1.82) is 0 Å². The first-order chi connectivity index (χ1) is 6.56. The fraction of sp³-hybridized carbons (Fsp3) is 0.385. The van der Waals surface area contributed by atoms with Gasteiger partial charge >= 0.3 is 0 Å². The summed E-state index contributed by atoms with van der Waals surface area (Å²) in [5.74, 6) is 0. The molecular formula is C13H18O. The molecular weight excluding hydrogens is 172 g/mol. The van der Waals surface area contributed by atoms with Crippen LogP contribution in [0.25, 0.3) is 0 Å². The van der Waals surface area contributed by atoms with Crippen molar-refractivity contribution in [2.24, 2.45) is 5.41 Å². The highest BCUT2D eigenvalue weighted by atomic mass is 16.3. The third-order valence-corrected chi connectivity index (χ3v) is 2.53. The Morgan fingerprint density at radius 2 is 1.93 bits per heavy atom. The first kappa shape index (κ1) is 11.0. The molecule has 0 heterocycles. The SMILES string of the molecule is C=CC(O)C(C)(C)Cc1ccccc1. The molecule has 1 aromatic rings. The summed E-state index contributed by atoms with van der Waals surface area (Å²) in [5, 5.41) is 9.73. The zero-order valence-electron chi connectivity index (χ0n) is 8.90. The lowest BCUT2D eigenvalue weighted by Crippen LogP contribution is -2.29. The molecule has 76 valence electrons. The van der Waals surface area contributed by atoms with Gasteiger partial charge in [0.2, 0.25) is 0 Å². The fourth-order valence-electron chi connectivity index (χ4n) is 1.55. The molecule has 1 nitrogen and oxygen atoms in total. The summed E-state index contributed by atoms with van der Waals surface area (Å²) in [6.07, 6.45) is 2.01. The maximum Gasteiger partial charge on any atom is 0.0772 e. The van der Waals surface area contributed by atoms with E-state index in [9.17, 15) is 5.11 Å². The number of hydrogen-bond acceptors (Lipinski definition) is 1. The summed E-state index contributed by atoms with van der Waals surface area (Å²) in [5.41, 5.74) is 1.10. The molecule has 0 saturated carbocycles. The molecule has 0 saturated heterocycles.